The van der Waals surface area contributed by atoms with E-state index in [1.165, 1.54) is 38.5 Å². The third-order valence-corrected chi connectivity index (χ3v) is 11.5. The van der Waals surface area contributed by atoms with Crippen LogP contribution in [0, 0.1) is 27.7 Å². The quantitative estimate of drug-likeness (QED) is 0.0746. The van der Waals surface area contributed by atoms with Gasteiger partial charge in [-0.15, -0.1) is 0 Å². The van der Waals surface area contributed by atoms with E-state index in [0.717, 1.165) is 36.3 Å². The summed E-state index contributed by atoms with van der Waals surface area (Å²) >= 11 is 24.0. The summed E-state index contributed by atoms with van der Waals surface area (Å²) in [5.41, 5.74) is 4.26. The Morgan fingerprint density at radius 3 is 1.31 bits per heavy atom. The van der Waals surface area contributed by atoms with Gasteiger partial charge in [0.05, 0.1) is 30.9 Å². The number of carboxylic acids is 1. The van der Waals surface area contributed by atoms with Crippen LogP contribution in [0.3, 0.4) is 0 Å². The molecule has 1 amide bonds. The van der Waals surface area contributed by atoms with Gasteiger partial charge in [0.15, 0.2) is 0 Å². The lowest BCUT2D eigenvalue weighted by molar-refractivity contribution is 0.0591. The number of aromatic hydroxyl groups is 1. The molecule has 5 aromatic rings. The molecule has 0 bridgehead atoms. The van der Waals surface area contributed by atoms with Crippen LogP contribution in [0.25, 0.3) is 0 Å². The maximum atomic E-state index is 12.0. The number of anilines is 1. The Labute approximate surface area is 442 Å². The molecule has 0 aliphatic rings. The summed E-state index contributed by atoms with van der Waals surface area (Å²) in [6.45, 7) is 11.1. The zero-order chi connectivity index (χ0) is 54.2. The number of esters is 2. The van der Waals surface area contributed by atoms with Crippen molar-refractivity contribution in [2.24, 2.45) is 0 Å². The molecule has 5 rings (SSSR count). The molecular formula is C52H64Cl4N4O12. The molecule has 3 N–H and O–H groups in total. The van der Waals surface area contributed by atoms with Crippen LogP contribution in [0.1, 0.15) is 53.3 Å². The smallest absolute Gasteiger partial charge is 0.417 e. The third-order valence-electron chi connectivity index (χ3n) is 9.88. The average molecular weight is 1080 g/mol. The highest BCUT2D eigenvalue weighted by Gasteiger charge is 2.15. The van der Waals surface area contributed by atoms with Gasteiger partial charge in [-0.1, -0.05) is 64.6 Å². The molecule has 16 nitrogen and oxygen atoms in total. The molecule has 0 unspecified atom stereocenters. The van der Waals surface area contributed by atoms with Crippen LogP contribution in [0.15, 0.2) is 78.9 Å². The number of ether oxygens (including phenoxy) is 6. The van der Waals surface area contributed by atoms with Crippen LogP contribution in [0.5, 0.6) is 28.7 Å². The molecular weight excluding hydrogens is 1010 g/mol. The number of nitrogens with one attached hydrogen (secondary N) is 1. The molecule has 0 heterocycles. The number of carbonyl (C=O) groups is 4. The molecule has 0 saturated heterocycles. The molecule has 72 heavy (non-hydrogen) atoms. The van der Waals surface area contributed by atoms with Gasteiger partial charge in [0, 0.05) is 73.7 Å². The van der Waals surface area contributed by atoms with Crippen LogP contribution < -0.4 is 24.3 Å². The first-order valence-corrected chi connectivity index (χ1v) is 23.6. The lowest BCUT2D eigenvalue weighted by atomic mass is 10.1. The maximum Gasteiger partial charge on any atom is 0.417 e. The Balaban J connectivity index is 0.000000337. The standard InChI is InChI=1S/C18H21ClN2O3.C13H18ClNO3.C12H16ClNO3.C9H9ClO3/c1-13-16(19)11-14(12-17(13)23-10-9-21(2)3)20-18(22)24-15-7-5-4-6-8-15;1-9-11(14)7-10(13(16)17-4)8-12(9)18-6-5-15(2)3;1-8-10(13)6-9(12(15)16)7-11(8)17-5-4-14(2)3;1-5-7(10)3-6(4-8(5)11)9(12)13-2/h4-8,11-12H,9-10H2,1-3H3,(H,20,22);7-8H,5-6H2,1-4H3;6-7H,4-5H2,1-3H3,(H,15,16);3-4,11H,1-2H3. The minimum atomic E-state index is -1.01. The number of para-hydroxylation sites is 1. The Morgan fingerprint density at radius 1 is 0.528 bits per heavy atom. The van der Waals surface area contributed by atoms with Crippen LogP contribution >= 0.6 is 46.4 Å². The molecule has 0 radical (unpaired) electrons. The van der Waals surface area contributed by atoms with E-state index < -0.39 is 24.0 Å². The van der Waals surface area contributed by atoms with Crippen LogP contribution in [-0.4, -0.2) is 145 Å². The summed E-state index contributed by atoms with van der Waals surface area (Å²) in [5, 5.41) is 22.7. The van der Waals surface area contributed by atoms with Gasteiger partial charge in [-0.3, -0.25) is 5.32 Å². The minimum absolute atomic E-state index is 0.00657. The molecule has 0 aliphatic carbocycles. The highest BCUT2D eigenvalue weighted by molar-refractivity contribution is 6.33. The number of amides is 1. The number of likely N-dealkylation sites (N-methyl/N-ethyl adjacent to an activating group) is 3. The van der Waals surface area contributed by atoms with E-state index in [2.05, 4.69) is 14.8 Å². The molecule has 0 fully saturated rings. The maximum absolute atomic E-state index is 12.0. The summed E-state index contributed by atoms with van der Waals surface area (Å²) in [7, 11) is 14.4. The van der Waals surface area contributed by atoms with Crippen molar-refractivity contribution in [3.8, 4) is 28.7 Å². The molecule has 20 heteroatoms. The van der Waals surface area contributed by atoms with Gasteiger partial charge < -0.3 is 53.3 Å². The Hall–Kier alpha value is -5.98. The van der Waals surface area contributed by atoms with E-state index in [-0.39, 0.29) is 16.9 Å². The lowest BCUT2D eigenvalue weighted by Crippen LogP contribution is -2.20. The fourth-order valence-corrected chi connectivity index (χ4v) is 6.34. The normalized spacial score (nSPS) is 10.4. The first-order valence-electron chi connectivity index (χ1n) is 22.0. The van der Waals surface area contributed by atoms with Gasteiger partial charge >= 0.3 is 24.0 Å². The van der Waals surface area contributed by atoms with Gasteiger partial charge in [-0.2, -0.15) is 0 Å². The predicted molar refractivity (Wildman–Crippen MR) is 284 cm³/mol. The first kappa shape index (κ1) is 62.1. The number of hydrogen-bond acceptors (Lipinski definition) is 14. The lowest BCUT2D eigenvalue weighted by Gasteiger charge is -2.15. The summed E-state index contributed by atoms with van der Waals surface area (Å²) in [4.78, 5) is 51.4. The highest BCUT2D eigenvalue weighted by Crippen LogP contribution is 2.32. The van der Waals surface area contributed by atoms with Crippen LogP contribution in [-0.2, 0) is 9.47 Å². The van der Waals surface area contributed by atoms with Crippen molar-refractivity contribution < 1.29 is 57.8 Å². The number of aromatic carboxylic acids is 1. The fraction of sp³-hybridized carbons (Fsp3) is 0.346. The van der Waals surface area contributed by atoms with E-state index in [9.17, 15) is 24.3 Å². The zero-order valence-electron chi connectivity index (χ0n) is 42.6. The summed E-state index contributed by atoms with van der Waals surface area (Å²) in [6.07, 6.45) is -0.583. The molecule has 0 aromatic heterocycles. The van der Waals surface area contributed by atoms with Crippen molar-refractivity contribution in [2.75, 3.05) is 101 Å². The highest BCUT2D eigenvalue weighted by atomic mass is 35.5. The number of phenolic OH excluding ortho intramolecular Hbond substituents is 1. The van der Waals surface area contributed by atoms with Crippen molar-refractivity contribution >= 4 is 76.1 Å². The number of halogens is 4. The number of methoxy groups -OCH3 is 2. The van der Waals surface area contributed by atoms with Gasteiger partial charge in [-0.05, 0) is 125 Å². The van der Waals surface area contributed by atoms with E-state index in [1.54, 1.807) is 62.4 Å². The average Bonchev–Trinajstić information content (AvgIpc) is 3.32. The monoisotopic (exact) mass is 1080 g/mol. The van der Waals surface area contributed by atoms with Gasteiger partial charge in [0.1, 0.15) is 48.6 Å². The second-order valence-electron chi connectivity index (χ2n) is 16.4. The number of phenols is 1. The number of hydrogen-bond donors (Lipinski definition) is 3. The van der Waals surface area contributed by atoms with Gasteiger partial charge in [-0.25, -0.2) is 19.2 Å². The van der Waals surface area contributed by atoms with Gasteiger partial charge in [0.2, 0.25) is 0 Å². The Morgan fingerprint density at radius 2 is 0.903 bits per heavy atom. The number of nitrogens with zero attached hydrogens (tertiary/aromatic N) is 3. The minimum Gasteiger partial charge on any atom is -0.508 e. The second kappa shape index (κ2) is 31.5. The summed E-state index contributed by atoms with van der Waals surface area (Å²) < 4.78 is 31.3. The molecule has 0 aliphatic heterocycles. The third kappa shape index (κ3) is 21.8. The van der Waals surface area contributed by atoms with Crippen LogP contribution in [0.4, 0.5) is 10.5 Å². The number of benzene rings is 5. The summed E-state index contributed by atoms with van der Waals surface area (Å²) in [5.74, 6) is 0.292. The summed E-state index contributed by atoms with van der Waals surface area (Å²) in [6, 6.07) is 21.2. The molecule has 0 atom stereocenters. The van der Waals surface area contributed by atoms with E-state index in [1.807, 2.05) is 76.9 Å². The van der Waals surface area contributed by atoms with Crippen LogP contribution in [0.2, 0.25) is 20.1 Å². The van der Waals surface area contributed by atoms with Crippen molar-refractivity contribution in [3.05, 3.63) is 138 Å². The molecule has 392 valence electrons. The van der Waals surface area contributed by atoms with Crippen molar-refractivity contribution in [1.82, 2.24) is 14.7 Å². The van der Waals surface area contributed by atoms with E-state index in [0.29, 0.717) is 79.7 Å². The first-order chi connectivity index (χ1) is 33.9. The van der Waals surface area contributed by atoms with Gasteiger partial charge in [0.25, 0.3) is 0 Å². The van der Waals surface area contributed by atoms with Crippen molar-refractivity contribution in [1.29, 1.82) is 0 Å². The number of carboxylic acid groups (broad SMARTS) is 1. The topological polar surface area (TPSA) is 186 Å². The second-order valence-corrected chi connectivity index (χ2v) is 18.0. The van der Waals surface area contributed by atoms with Crippen molar-refractivity contribution in [3.63, 3.8) is 0 Å². The zero-order valence-corrected chi connectivity index (χ0v) is 45.6. The molecule has 0 saturated carbocycles. The molecule has 5 aromatic carbocycles. The van der Waals surface area contributed by atoms with Crippen molar-refractivity contribution in [2.45, 2.75) is 27.7 Å². The Bertz CT molecular complexity index is 2560. The van der Waals surface area contributed by atoms with E-state index >= 15 is 0 Å². The Kier molecular flexibility index (Phi) is 27.2. The van der Waals surface area contributed by atoms with E-state index in [4.69, 9.17) is 70.5 Å². The largest absolute Gasteiger partial charge is 0.508 e. The SMILES string of the molecule is COC(=O)c1cc(Cl)c(C)c(OCCN(C)C)c1.COC(=O)c1cc(O)c(C)c(Cl)c1.Cc1c(Cl)cc(C(=O)O)cc1OCCN(C)C.Cc1c(Cl)cc(NC(=O)Oc2ccccc2)cc1OCCN(C)C. The predicted octanol–water partition coefficient (Wildman–Crippen LogP) is 11.0. The fourth-order valence-electron chi connectivity index (χ4n) is 5.50. The number of carbonyl (C=O) groups excluding carboxylic acids is 3. The molecule has 0 spiro atoms. The number of rotatable bonds is 17.